The van der Waals surface area contributed by atoms with Crippen molar-refractivity contribution in [3.63, 3.8) is 0 Å². The highest BCUT2D eigenvalue weighted by Crippen LogP contribution is 2.26. The zero-order valence-electron chi connectivity index (χ0n) is 14.2. The van der Waals surface area contributed by atoms with E-state index in [1.165, 1.54) is 11.3 Å². The van der Waals surface area contributed by atoms with Crippen LogP contribution in [0, 0.1) is 5.92 Å². The van der Waals surface area contributed by atoms with Gasteiger partial charge >= 0.3 is 0 Å². The van der Waals surface area contributed by atoms with Crippen LogP contribution in [0.25, 0.3) is 10.2 Å². The summed E-state index contributed by atoms with van der Waals surface area (Å²) in [4.78, 5) is 31.1. The fourth-order valence-corrected chi connectivity index (χ4v) is 4.70. The average Bonchev–Trinajstić information content (AvgIpc) is 3.23. The minimum Gasteiger partial charge on any atom is -0.336 e. The van der Waals surface area contributed by atoms with E-state index in [4.69, 9.17) is 0 Å². The van der Waals surface area contributed by atoms with E-state index in [0.717, 1.165) is 40.7 Å². The molecular formula is C19H18N4O2S. The third-order valence-corrected chi connectivity index (χ3v) is 6.20. The topological polar surface area (TPSA) is 68.1 Å². The molecule has 0 N–H and O–H groups in total. The predicted molar refractivity (Wildman–Crippen MR) is 99.5 cm³/mol. The van der Waals surface area contributed by atoms with Gasteiger partial charge < -0.3 is 4.90 Å². The molecule has 0 saturated carbocycles. The van der Waals surface area contributed by atoms with Gasteiger partial charge in [0.25, 0.3) is 11.5 Å². The molecule has 1 aliphatic carbocycles. The molecule has 1 amide bonds. The number of nitrogens with zero attached hydrogens (tertiary/aromatic N) is 4. The van der Waals surface area contributed by atoms with Crippen molar-refractivity contribution in [2.24, 2.45) is 5.92 Å². The number of para-hydroxylation sites is 1. The standard InChI is InChI=1S/C19H18N4O2S/c24-17-8-13-4-3-6-14(13)21-23(17)11-12-9-22(10-12)19(25)18-20-15-5-1-2-7-16(15)26-18/h1-2,5,7-8,12H,3-4,6,9-11H2. The van der Waals surface area contributed by atoms with Gasteiger partial charge in [-0.05, 0) is 37.0 Å². The van der Waals surface area contributed by atoms with Gasteiger partial charge in [0.1, 0.15) is 0 Å². The summed E-state index contributed by atoms with van der Waals surface area (Å²) < 4.78 is 2.61. The van der Waals surface area contributed by atoms with Crippen molar-refractivity contribution < 1.29 is 4.79 Å². The maximum absolute atomic E-state index is 12.6. The minimum atomic E-state index is -0.0263. The van der Waals surface area contributed by atoms with Crippen LogP contribution in [0.2, 0.25) is 0 Å². The molecule has 0 atom stereocenters. The van der Waals surface area contributed by atoms with Crippen molar-refractivity contribution in [2.45, 2.75) is 25.8 Å². The smallest absolute Gasteiger partial charge is 0.282 e. The van der Waals surface area contributed by atoms with Gasteiger partial charge in [0, 0.05) is 25.1 Å². The van der Waals surface area contributed by atoms with Crippen LogP contribution in [0.1, 0.15) is 27.5 Å². The first-order valence-electron chi connectivity index (χ1n) is 8.92. The van der Waals surface area contributed by atoms with Crippen LogP contribution in [0.15, 0.2) is 35.1 Å². The zero-order chi connectivity index (χ0) is 17.7. The summed E-state index contributed by atoms with van der Waals surface area (Å²) in [7, 11) is 0. The summed E-state index contributed by atoms with van der Waals surface area (Å²) in [6, 6.07) is 9.52. The van der Waals surface area contributed by atoms with Crippen LogP contribution in [0.4, 0.5) is 0 Å². The molecule has 0 unspecified atom stereocenters. The fraction of sp³-hybridized carbons (Fsp3) is 0.368. The molecule has 1 aliphatic heterocycles. The summed E-state index contributed by atoms with van der Waals surface area (Å²) in [6.45, 7) is 1.88. The Morgan fingerprint density at radius 3 is 2.92 bits per heavy atom. The van der Waals surface area contributed by atoms with Crippen molar-refractivity contribution in [3.05, 3.63) is 57.0 Å². The number of hydrogen-bond donors (Lipinski definition) is 0. The Labute approximate surface area is 154 Å². The molecule has 132 valence electrons. The van der Waals surface area contributed by atoms with Gasteiger partial charge in [-0.2, -0.15) is 5.10 Å². The summed E-state index contributed by atoms with van der Waals surface area (Å²) in [5, 5.41) is 5.06. The van der Waals surface area contributed by atoms with Gasteiger partial charge in [-0.3, -0.25) is 9.59 Å². The molecule has 5 rings (SSSR count). The van der Waals surface area contributed by atoms with E-state index in [1.807, 2.05) is 24.3 Å². The van der Waals surface area contributed by atoms with E-state index in [0.29, 0.717) is 24.6 Å². The van der Waals surface area contributed by atoms with Gasteiger partial charge in [0.2, 0.25) is 0 Å². The number of fused-ring (bicyclic) bond motifs is 2. The summed E-state index contributed by atoms with van der Waals surface area (Å²) in [5.74, 6) is 0.259. The first-order chi connectivity index (χ1) is 12.7. The maximum Gasteiger partial charge on any atom is 0.282 e. The predicted octanol–water partition coefficient (Wildman–Crippen LogP) is 2.11. The molecule has 2 aromatic heterocycles. The van der Waals surface area contributed by atoms with E-state index >= 15 is 0 Å². The second kappa shape index (κ2) is 6.02. The van der Waals surface area contributed by atoms with Crippen LogP contribution < -0.4 is 5.56 Å². The van der Waals surface area contributed by atoms with E-state index in [2.05, 4.69) is 10.1 Å². The summed E-state index contributed by atoms with van der Waals surface area (Å²) in [5.41, 5.74) is 3.01. The average molecular weight is 366 g/mol. The van der Waals surface area contributed by atoms with Gasteiger partial charge in [-0.15, -0.1) is 11.3 Å². The molecule has 0 bridgehead atoms. The quantitative estimate of drug-likeness (QED) is 0.712. The number of benzene rings is 1. The Bertz CT molecular complexity index is 1030. The molecule has 6 nitrogen and oxygen atoms in total. The van der Waals surface area contributed by atoms with Gasteiger partial charge in [-0.25, -0.2) is 9.67 Å². The van der Waals surface area contributed by atoms with Crippen LogP contribution in [-0.4, -0.2) is 38.7 Å². The Morgan fingerprint density at radius 2 is 2.08 bits per heavy atom. The Morgan fingerprint density at radius 1 is 1.23 bits per heavy atom. The number of amides is 1. The number of aryl methyl sites for hydroxylation is 2. The highest BCUT2D eigenvalue weighted by molar-refractivity contribution is 7.20. The lowest BCUT2D eigenvalue weighted by Crippen LogP contribution is -2.52. The van der Waals surface area contributed by atoms with Crippen LogP contribution >= 0.6 is 11.3 Å². The van der Waals surface area contributed by atoms with E-state index in [-0.39, 0.29) is 17.4 Å². The van der Waals surface area contributed by atoms with Crippen molar-refractivity contribution in [1.29, 1.82) is 0 Å². The summed E-state index contributed by atoms with van der Waals surface area (Å²) in [6.07, 6.45) is 3.01. The lowest BCUT2D eigenvalue weighted by molar-refractivity contribution is 0.0458. The monoisotopic (exact) mass is 366 g/mol. The molecule has 1 fully saturated rings. The van der Waals surface area contributed by atoms with Crippen LogP contribution in [0.5, 0.6) is 0 Å². The molecule has 2 aliphatic rings. The lowest BCUT2D eigenvalue weighted by atomic mass is 10.0. The molecule has 0 spiro atoms. The number of likely N-dealkylation sites (tertiary alicyclic amines) is 1. The maximum atomic E-state index is 12.6. The number of carbonyl (C=O) groups is 1. The van der Waals surface area contributed by atoms with Crippen molar-refractivity contribution in [1.82, 2.24) is 19.7 Å². The molecule has 26 heavy (non-hydrogen) atoms. The third-order valence-electron chi connectivity index (χ3n) is 5.18. The molecule has 1 aromatic carbocycles. The first-order valence-corrected chi connectivity index (χ1v) is 9.74. The SMILES string of the molecule is O=C(c1nc2ccccc2s1)N1CC(Cn2nc3c(cc2=O)CCC3)C1. The van der Waals surface area contributed by atoms with Gasteiger partial charge in [0.15, 0.2) is 5.01 Å². The number of aromatic nitrogens is 3. The Balaban J connectivity index is 1.26. The summed E-state index contributed by atoms with van der Waals surface area (Å²) >= 11 is 1.43. The van der Waals surface area contributed by atoms with E-state index < -0.39 is 0 Å². The van der Waals surface area contributed by atoms with Crippen molar-refractivity contribution >= 4 is 27.5 Å². The largest absolute Gasteiger partial charge is 0.336 e. The second-order valence-electron chi connectivity index (χ2n) is 7.05. The van der Waals surface area contributed by atoms with E-state index in [9.17, 15) is 9.59 Å². The number of thiazole rings is 1. The highest BCUT2D eigenvalue weighted by Gasteiger charge is 2.33. The normalized spacial score (nSPS) is 16.7. The lowest BCUT2D eigenvalue weighted by Gasteiger charge is -2.38. The second-order valence-corrected chi connectivity index (χ2v) is 8.08. The molecular weight excluding hydrogens is 348 g/mol. The van der Waals surface area contributed by atoms with Crippen molar-refractivity contribution in [3.8, 4) is 0 Å². The Hall–Kier alpha value is -2.54. The minimum absolute atomic E-state index is 0.0169. The van der Waals surface area contributed by atoms with Gasteiger partial charge in [-0.1, -0.05) is 12.1 Å². The molecule has 3 heterocycles. The first kappa shape index (κ1) is 15.7. The number of rotatable bonds is 3. The van der Waals surface area contributed by atoms with Crippen molar-refractivity contribution in [2.75, 3.05) is 13.1 Å². The molecule has 1 saturated heterocycles. The van der Waals surface area contributed by atoms with Crippen LogP contribution in [0.3, 0.4) is 0 Å². The van der Waals surface area contributed by atoms with Crippen LogP contribution in [-0.2, 0) is 19.4 Å². The number of carbonyl (C=O) groups excluding carboxylic acids is 1. The molecule has 3 aromatic rings. The fourth-order valence-electron chi connectivity index (χ4n) is 3.76. The highest BCUT2D eigenvalue weighted by atomic mass is 32.1. The Kier molecular flexibility index (Phi) is 3.63. The van der Waals surface area contributed by atoms with E-state index in [1.54, 1.807) is 15.6 Å². The molecule has 7 heteroatoms. The zero-order valence-corrected chi connectivity index (χ0v) is 15.0. The molecule has 0 radical (unpaired) electrons. The third kappa shape index (κ3) is 2.63. The number of hydrogen-bond acceptors (Lipinski definition) is 5. The van der Waals surface area contributed by atoms with Gasteiger partial charge in [0.05, 0.1) is 22.5 Å².